The van der Waals surface area contributed by atoms with Crippen LogP contribution in [-0.2, 0) is 6.54 Å². The lowest BCUT2D eigenvalue weighted by atomic mass is 9.87. The van der Waals surface area contributed by atoms with Gasteiger partial charge in [0.1, 0.15) is 11.5 Å². The highest BCUT2D eigenvalue weighted by atomic mass is 35.5. The summed E-state index contributed by atoms with van der Waals surface area (Å²) < 4.78 is 5.16. The average Bonchev–Trinajstić information content (AvgIpc) is 3.32. The Hall–Kier alpha value is -3.16. The lowest BCUT2D eigenvalue weighted by Gasteiger charge is -2.56. The molecule has 8 heteroatoms. The average molecular weight is 447 g/mol. The number of methoxy groups -OCH3 is 1. The first-order valence-electron chi connectivity index (χ1n) is 10.8. The number of nitrogens with one attached hydrogen (secondary N) is 1. The van der Waals surface area contributed by atoms with Crippen molar-refractivity contribution in [1.29, 1.82) is 0 Å². The number of hydrogen-bond acceptors (Lipinski definition) is 6. The van der Waals surface area contributed by atoms with E-state index in [1.165, 1.54) is 12.0 Å². The second-order valence-electron chi connectivity index (χ2n) is 8.46. The van der Waals surface area contributed by atoms with Crippen LogP contribution in [0.5, 0.6) is 5.88 Å². The molecule has 3 aliphatic rings. The van der Waals surface area contributed by atoms with Crippen molar-refractivity contribution < 1.29 is 4.74 Å². The summed E-state index contributed by atoms with van der Waals surface area (Å²) in [6, 6.07) is 11.3. The van der Waals surface area contributed by atoms with Crippen molar-refractivity contribution >= 4 is 28.5 Å². The van der Waals surface area contributed by atoms with Crippen molar-refractivity contribution in [3.8, 4) is 17.0 Å². The number of piperidine rings is 1. The van der Waals surface area contributed by atoms with Crippen molar-refractivity contribution in [3.05, 3.63) is 65.7 Å². The molecule has 0 spiro atoms. The van der Waals surface area contributed by atoms with E-state index in [0.29, 0.717) is 23.0 Å². The number of nitrogens with zero attached hydrogens (tertiary/aromatic N) is 5. The van der Waals surface area contributed by atoms with Crippen LogP contribution >= 0.6 is 11.6 Å². The lowest BCUT2D eigenvalue weighted by molar-refractivity contribution is -0.00876. The van der Waals surface area contributed by atoms with E-state index in [1.54, 1.807) is 13.3 Å². The maximum atomic E-state index is 6.48. The van der Waals surface area contributed by atoms with Gasteiger partial charge in [-0.1, -0.05) is 17.7 Å². The van der Waals surface area contributed by atoms with Crippen LogP contribution in [0, 0.1) is 0 Å². The Bertz CT molecular complexity index is 1240. The number of aromatic nitrogens is 4. The smallest absolute Gasteiger partial charge is 0.212 e. The Morgan fingerprint density at radius 3 is 2.62 bits per heavy atom. The second-order valence-corrected chi connectivity index (χ2v) is 8.86. The van der Waals surface area contributed by atoms with Gasteiger partial charge in [-0.05, 0) is 30.2 Å². The van der Waals surface area contributed by atoms with Gasteiger partial charge in [-0.25, -0.2) is 15.0 Å². The zero-order chi connectivity index (χ0) is 21.7. The van der Waals surface area contributed by atoms with Crippen LogP contribution in [0.15, 0.2) is 55.1 Å². The van der Waals surface area contributed by atoms with Crippen LogP contribution < -0.4 is 9.64 Å². The molecule has 162 valence electrons. The number of aromatic amines is 1. The molecule has 7 nitrogen and oxygen atoms in total. The van der Waals surface area contributed by atoms with E-state index in [4.69, 9.17) is 21.3 Å². The van der Waals surface area contributed by atoms with Gasteiger partial charge in [0.25, 0.3) is 0 Å². The predicted octanol–water partition coefficient (Wildman–Crippen LogP) is 4.15. The fraction of sp³-hybridized carbons (Fsp3) is 0.292. The molecule has 4 aromatic heterocycles. The highest BCUT2D eigenvalue weighted by Gasteiger charge is 2.44. The number of hydrogen-bond donors (Lipinski definition) is 1. The second kappa shape index (κ2) is 7.76. The molecule has 3 fully saturated rings. The third-order valence-corrected chi connectivity index (χ3v) is 6.90. The number of ether oxygens (including phenoxy) is 1. The molecule has 0 aromatic carbocycles. The van der Waals surface area contributed by atoms with Crippen molar-refractivity contribution in [1.82, 2.24) is 24.8 Å². The van der Waals surface area contributed by atoms with Gasteiger partial charge >= 0.3 is 0 Å². The third-order valence-electron chi connectivity index (χ3n) is 6.62. The lowest BCUT2D eigenvalue weighted by Crippen LogP contribution is -2.68. The molecule has 0 aliphatic carbocycles. The van der Waals surface area contributed by atoms with E-state index in [1.807, 2.05) is 30.7 Å². The summed E-state index contributed by atoms with van der Waals surface area (Å²) in [5.74, 6) is 1.67. The number of halogens is 1. The highest BCUT2D eigenvalue weighted by Crippen LogP contribution is 2.37. The molecule has 2 atom stereocenters. The first kappa shape index (κ1) is 19.5. The third kappa shape index (κ3) is 3.29. The van der Waals surface area contributed by atoms with E-state index in [-0.39, 0.29) is 0 Å². The Labute approximate surface area is 191 Å². The van der Waals surface area contributed by atoms with Crippen LogP contribution in [0.3, 0.4) is 0 Å². The minimum absolute atomic E-state index is 0.548. The van der Waals surface area contributed by atoms with Crippen molar-refractivity contribution in [2.45, 2.75) is 25.0 Å². The van der Waals surface area contributed by atoms with Gasteiger partial charge in [0.2, 0.25) is 5.88 Å². The first-order chi connectivity index (χ1) is 15.7. The molecule has 7 rings (SSSR count). The maximum absolute atomic E-state index is 6.48. The van der Waals surface area contributed by atoms with Crippen molar-refractivity contribution in [2.24, 2.45) is 0 Å². The Kier molecular flexibility index (Phi) is 4.73. The molecule has 7 heterocycles. The van der Waals surface area contributed by atoms with Crippen LogP contribution in [0.25, 0.3) is 22.2 Å². The zero-order valence-corrected chi connectivity index (χ0v) is 18.5. The number of piperazine rings is 1. The summed E-state index contributed by atoms with van der Waals surface area (Å²) in [6.07, 6.45) is 8.65. The number of H-pyrrole nitrogens is 1. The van der Waals surface area contributed by atoms with Crippen LogP contribution in [0.4, 0.5) is 5.82 Å². The summed E-state index contributed by atoms with van der Waals surface area (Å²) in [7, 11) is 1.64. The largest absolute Gasteiger partial charge is 0.481 e. The SMILES string of the molecule is COc1ccc(CN2C3CC2CN(c2ccc(-c4c(Cl)cnc5[nH]ccc45)cn2)C3)cn1. The van der Waals surface area contributed by atoms with Gasteiger partial charge in [-0.15, -0.1) is 0 Å². The van der Waals surface area contributed by atoms with E-state index in [0.717, 1.165) is 47.6 Å². The van der Waals surface area contributed by atoms with Gasteiger partial charge < -0.3 is 14.6 Å². The standard InChI is InChI=1S/C24H23ClN6O/c1-32-22-5-2-15(9-28-22)12-31-17-8-18(31)14-30(13-17)21-4-3-16(10-27-21)23-19-6-7-26-24(19)29-11-20(23)25/h2-7,9-11,17-18H,8,12-14H2,1H3,(H,26,29). The molecule has 0 radical (unpaired) electrons. The summed E-state index contributed by atoms with van der Waals surface area (Å²) in [6.45, 7) is 2.91. The van der Waals surface area contributed by atoms with E-state index < -0.39 is 0 Å². The zero-order valence-electron chi connectivity index (χ0n) is 17.7. The molecular formula is C24H23ClN6O. The fourth-order valence-corrected chi connectivity index (χ4v) is 5.23. The van der Waals surface area contributed by atoms with Crippen molar-refractivity contribution in [2.75, 3.05) is 25.1 Å². The minimum Gasteiger partial charge on any atom is -0.481 e. The van der Waals surface area contributed by atoms with E-state index in [2.05, 4.69) is 43.0 Å². The number of pyridine rings is 3. The highest BCUT2D eigenvalue weighted by molar-refractivity contribution is 6.34. The van der Waals surface area contributed by atoms with Crippen LogP contribution in [0.2, 0.25) is 5.02 Å². The summed E-state index contributed by atoms with van der Waals surface area (Å²) in [5.41, 5.74) is 4.03. The van der Waals surface area contributed by atoms with E-state index >= 15 is 0 Å². The number of anilines is 1. The van der Waals surface area contributed by atoms with E-state index in [9.17, 15) is 0 Å². The summed E-state index contributed by atoms with van der Waals surface area (Å²) in [5, 5.41) is 1.64. The summed E-state index contributed by atoms with van der Waals surface area (Å²) >= 11 is 6.48. The molecule has 3 aliphatic heterocycles. The van der Waals surface area contributed by atoms with Gasteiger partial charge in [-0.3, -0.25) is 4.90 Å². The molecule has 0 saturated carbocycles. The molecule has 32 heavy (non-hydrogen) atoms. The molecule has 1 N–H and O–H groups in total. The van der Waals surface area contributed by atoms with Crippen molar-refractivity contribution in [3.63, 3.8) is 0 Å². The maximum Gasteiger partial charge on any atom is 0.212 e. The molecule has 4 aromatic rings. The topological polar surface area (TPSA) is 70.2 Å². The molecular weight excluding hydrogens is 424 g/mol. The fourth-order valence-electron chi connectivity index (χ4n) is 4.97. The monoisotopic (exact) mass is 446 g/mol. The normalized spacial score (nSPS) is 20.4. The van der Waals surface area contributed by atoms with Gasteiger partial charge in [0.15, 0.2) is 0 Å². The molecule has 3 saturated heterocycles. The predicted molar refractivity (Wildman–Crippen MR) is 125 cm³/mol. The van der Waals surface area contributed by atoms with Crippen LogP contribution in [0.1, 0.15) is 12.0 Å². The number of rotatable bonds is 5. The van der Waals surface area contributed by atoms with Gasteiger partial charge in [0.05, 0.1) is 12.1 Å². The van der Waals surface area contributed by atoms with Gasteiger partial charge in [0, 0.05) is 79.1 Å². The quantitative estimate of drug-likeness (QED) is 0.496. The van der Waals surface area contributed by atoms with Crippen LogP contribution in [-0.4, -0.2) is 57.1 Å². The molecule has 2 unspecified atom stereocenters. The number of fused-ring (bicyclic) bond motifs is 3. The van der Waals surface area contributed by atoms with Gasteiger partial charge in [-0.2, -0.15) is 0 Å². The molecule has 0 amide bonds. The Morgan fingerprint density at radius 1 is 1.03 bits per heavy atom. The Morgan fingerprint density at radius 2 is 1.91 bits per heavy atom. The first-order valence-corrected chi connectivity index (χ1v) is 11.1. The molecule has 2 bridgehead atoms. The Balaban J connectivity index is 1.16. The minimum atomic E-state index is 0.548. The summed E-state index contributed by atoms with van der Waals surface area (Å²) in [4.78, 5) is 21.6.